The van der Waals surface area contributed by atoms with Gasteiger partial charge < -0.3 is 15.0 Å². The highest BCUT2D eigenvalue weighted by Gasteiger charge is 2.38. The van der Waals surface area contributed by atoms with Crippen LogP contribution in [0.2, 0.25) is 0 Å². The van der Waals surface area contributed by atoms with Crippen LogP contribution >= 0.6 is 11.3 Å². The number of rotatable bonds is 4. The van der Waals surface area contributed by atoms with E-state index in [0.717, 1.165) is 35.5 Å². The molecule has 1 saturated carbocycles. The van der Waals surface area contributed by atoms with E-state index in [9.17, 15) is 9.90 Å². The Morgan fingerprint density at radius 1 is 1.57 bits per heavy atom. The first-order valence-corrected chi connectivity index (χ1v) is 7.93. The van der Waals surface area contributed by atoms with Gasteiger partial charge in [-0.3, -0.25) is 4.79 Å². The highest BCUT2D eigenvalue weighted by atomic mass is 32.1. The van der Waals surface area contributed by atoms with Crippen molar-refractivity contribution in [2.75, 3.05) is 6.61 Å². The second-order valence-electron chi connectivity index (χ2n) is 5.72. The molecule has 6 heteroatoms. The van der Waals surface area contributed by atoms with Gasteiger partial charge in [0.25, 0.3) is 5.91 Å². The summed E-state index contributed by atoms with van der Waals surface area (Å²) in [6, 6.07) is 1.85. The van der Waals surface area contributed by atoms with Gasteiger partial charge in [0.15, 0.2) is 0 Å². The van der Waals surface area contributed by atoms with Crippen LogP contribution in [0, 0.1) is 6.92 Å². The van der Waals surface area contributed by atoms with Crippen LogP contribution in [-0.4, -0.2) is 32.7 Å². The number of nitrogens with one attached hydrogen (secondary N) is 1. The number of aromatic nitrogens is 2. The van der Waals surface area contributed by atoms with Crippen LogP contribution < -0.4 is 5.32 Å². The minimum absolute atomic E-state index is 0.00129. The molecule has 1 amide bonds. The van der Waals surface area contributed by atoms with Gasteiger partial charge in [-0.2, -0.15) is 0 Å². The minimum atomic E-state index is -0.418. The lowest BCUT2D eigenvalue weighted by atomic mass is 9.77. The molecule has 2 aromatic rings. The molecule has 0 atom stereocenters. The SMILES string of the molecule is Cc1nc(-c2cc(C(=O)NC3(CO)CCC3)n(C)c2)cs1. The van der Waals surface area contributed by atoms with Gasteiger partial charge in [-0.25, -0.2) is 4.98 Å². The Kier molecular flexibility index (Phi) is 3.59. The van der Waals surface area contributed by atoms with Crippen LogP contribution in [0.1, 0.15) is 34.8 Å². The van der Waals surface area contributed by atoms with Gasteiger partial charge in [0.1, 0.15) is 5.69 Å². The fourth-order valence-electron chi connectivity index (χ4n) is 2.66. The average Bonchev–Trinajstić information content (AvgIpc) is 3.00. The summed E-state index contributed by atoms with van der Waals surface area (Å²) >= 11 is 1.60. The van der Waals surface area contributed by atoms with E-state index in [-0.39, 0.29) is 12.5 Å². The van der Waals surface area contributed by atoms with E-state index in [1.807, 2.05) is 36.2 Å². The molecule has 0 bridgehead atoms. The minimum Gasteiger partial charge on any atom is -0.394 e. The summed E-state index contributed by atoms with van der Waals surface area (Å²) in [6.07, 6.45) is 4.66. The third-order valence-electron chi connectivity index (χ3n) is 4.14. The average molecular weight is 305 g/mol. The van der Waals surface area contributed by atoms with E-state index in [1.54, 1.807) is 11.3 Å². The van der Waals surface area contributed by atoms with Crippen molar-refractivity contribution in [3.05, 3.63) is 28.3 Å². The summed E-state index contributed by atoms with van der Waals surface area (Å²) in [7, 11) is 1.85. The molecule has 0 saturated heterocycles. The lowest BCUT2D eigenvalue weighted by molar-refractivity contribution is 0.0635. The number of hydrogen-bond donors (Lipinski definition) is 2. The van der Waals surface area contributed by atoms with E-state index < -0.39 is 5.54 Å². The number of thiazole rings is 1. The smallest absolute Gasteiger partial charge is 0.268 e. The molecule has 3 rings (SSSR count). The van der Waals surface area contributed by atoms with Crippen molar-refractivity contribution in [3.8, 4) is 11.3 Å². The van der Waals surface area contributed by atoms with Crippen LogP contribution in [0.4, 0.5) is 0 Å². The summed E-state index contributed by atoms with van der Waals surface area (Å²) in [4.78, 5) is 16.9. The molecule has 0 unspecified atom stereocenters. The Balaban J connectivity index is 1.82. The number of carbonyl (C=O) groups excluding carboxylic acids is 1. The maximum atomic E-state index is 12.4. The molecule has 5 nitrogen and oxygen atoms in total. The first-order chi connectivity index (χ1) is 10.0. The van der Waals surface area contributed by atoms with Crippen molar-refractivity contribution >= 4 is 17.2 Å². The van der Waals surface area contributed by atoms with E-state index in [0.29, 0.717) is 5.69 Å². The van der Waals surface area contributed by atoms with Gasteiger partial charge in [0.05, 0.1) is 22.8 Å². The summed E-state index contributed by atoms with van der Waals surface area (Å²) < 4.78 is 1.81. The molecule has 112 valence electrons. The van der Waals surface area contributed by atoms with Gasteiger partial charge in [-0.1, -0.05) is 0 Å². The Labute approximate surface area is 127 Å². The highest BCUT2D eigenvalue weighted by molar-refractivity contribution is 7.09. The zero-order valence-corrected chi connectivity index (χ0v) is 13.0. The number of aliphatic hydroxyl groups excluding tert-OH is 1. The third kappa shape index (κ3) is 2.61. The number of hydrogen-bond acceptors (Lipinski definition) is 4. The van der Waals surface area contributed by atoms with Crippen molar-refractivity contribution in [2.45, 2.75) is 31.7 Å². The number of amides is 1. The summed E-state index contributed by atoms with van der Waals surface area (Å²) in [5, 5.41) is 15.4. The fraction of sp³-hybridized carbons (Fsp3) is 0.467. The number of aliphatic hydroxyl groups is 1. The normalized spacial score (nSPS) is 16.5. The topological polar surface area (TPSA) is 67.2 Å². The molecular weight excluding hydrogens is 286 g/mol. The molecule has 21 heavy (non-hydrogen) atoms. The second-order valence-corrected chi connectivity index (χ2v) is 6.79. The molecule has 2 heterocycles. The van der Waals surface area contributed by atoms with Crippen LogP contribution in [0.3, 0.4) is 0 Å². The number of nitrogens with zero attached hydrogens (tertiary/aromatic N) is 2. The molecule has 2 N–H and O–H groups in total. The Hall–Kier alpha value is -1.66. The van der Waals surface area contributed by atoms with Crippen molar-refractivity contribution in [1.29, 1.82) is 0 Å². The van der Waals surface area contributed by atoms with Gasteiger partial charge in [-0.15, -0.1) is 11.3 Å². The van der Waals surface area contributed by atoms with Crippen LogP contribution in [0.15, 0.2) is 17.6 Å². The van der Waals surface area contributed by atoms with Gasteiger partial charge in [0, 0.05) is 24.2 Å². The second kappa shape index (κ2) is 5.27. The lowest BCUT2D eigenvalue weighted by Crippen LogP contribution is -2.56. The van der Waals surface area contributed by atoms with Gasteiger partial charge in [-0.05, 0) is 32.3 Å². The summed E-state index contributed by atoms with van der Waals surface area (Å²) in [5.74, 6) is -0.135. The van der Waals surface area contributed by atoms with E-state index in [4.69, 9.17) is 0 Å². The molecule has 1 aliphatic rings. The number of aryl methyl sites for hydroxylation is 2. The largest absolute Gasteiger partial charge is 0.394 e. The quantitative estimate of drug-likeness (QED) is 0.909. The Bertz CT molecular complexity index is 665. The van der Waals surface area contributed by atoms with Crippen molar-refractivity contribution < 1.29 is 9.90 Å². The van der Waals surface area contributed by atoms with Gasteiger partial charge in [0.2, 0.25) is 0 Å². The predicted molar refractivity (Wildman–Crippen MR) is 82.4 cm³/mol. The van der Waals surface area contributed by atoms with Crippen molar-refractivity contribution in [2.24, 2.45) is 7.05 Å². The monoisotopic (exact) mass is 305 g/mol. The van der Waals surface area contributed by atoms with Crippen LogP contribution in [-0.2, 0) is 7.05 Å². The lowest BCUT2D eigenvalue weighted by Gasteiger charge is -2.40. The molecular formula is C15H19N3O2S. The molecule has 0 radical (unpaired) electrons. The highest BCUT2D eigenvalue weighted by Crippen LogP contribution is 2.32. The van der Waals surface area contributed by atoms with E-state index in [1.165, 1.54) is 0 Å². The van der Waals surface area contributed by atoms with Crippen LogP contribution in [0.25, 0.3) is 11.3 Å². The standard InChI is InChI=1S/C15H19N3O2S/c1-10-16-12(8-21-10)11-6-13(18(2)7-11)14(20)17-15(9-19)4-3-5-15/h6-8,19H,3-5,9H2,1-2H3,(H,17,20). The van der Waals surface area contributed by atoms with Crippen molar-refractivity contribution in [3.63, 3.8) is 0 Å². The molecule has 1 aliphatic carbocycles. The Morgan fingerprint density at radius 2 is 2.33 bits per heavy atom. The predicted octanol–water partition coefficient (Wildman–Crippen LogP) is 2.10. The molecule has 0 aliphatic heterocycles. The summed E-state index contributed by atoms with van der Waals surface area (Å²) in [5.41, 5.74) is 2.01. The maximum absolute atomic E-state index is 12.4. The summed E-state index contributed by atoms with van der Waals surface area (Å²) in [6.45, 7) is 1.97. The Morgan fingerprint density at radius 3 is 2.86 bits per heavy atom. The fourth-order valence-corrected chi connectivity index (χ4v) is 3.28. The van der Waals surface area contributed by atoms with E-state index >= 15 is 0 Å². The third-order valence-corrected chi connectivity index (χ3v) is 4.92. The zero-order chi connectivity index (χ0) is 15.0. The molecule has 2 aromatic heterocycles. The first-order valence-electron chi connectivity index (χ1n) is 7.05. The molecule has 0 aromatic carbocycles. The van der Waals surface area contributed by atoms with Crippen molar-refractivity contribution in [1.82, 2.24) is 14.9 Å². The zero-order valence-electron chi connectivity index (χ0n) is 12.2. The first kappa shape index (κ1) is 14.3. The van der Waals surface area contributed by atoms with Gasteiger partial charge >= 0.3 is 0 Å². The molecule has 1 fully saturated rings. The molecule has 0 spiro atoms. The maximum Gasteiger partial charge on any atom is 0.268 e. The number of carbonyl (C=O) groups is 1. The van der Waals surface area contributed by atoms with E-state index in [2.05, 4.69) is 10.3 Å². The van der Waals surface area contributed by atoms with Crippen LogP contribution in [0.5, 0.6) is 0 Å².